The molecule has 20 heavy (non-hydrogen) atoms. The van der Waals surface area contributed by atoms with Crippen LogP contribution in [0.2, 0.25) is 0 Å². The predicted octanol–water partition coefficient (Wildman–Crippen LogP) is 3.82. The molecule has 1 unspecified atom stereocenters. The van der Waals surface area contributed by atoms with Crippen LogP contribution in [0.1, 0.15) is 12.0 Å². The van der Waals surface area contributed by atoms with Gasteiger partial charge in [0.05, 0.1) is 21.3 Å². The molecule has 1 atom stereocenters. The second kappa shape index (κ2) is 6.85. The van der Waals surface area contributed by atoms with E-state index in [-0.39, 0.29) is 0 Å². The van der Waals surface area contributed by atoms with Crippen molar-refractivity contribution in [2.75, 3.05) is 21.3 Å². The maximum Gasteiger partial charge on any atom is 0.161 e. The van der Waals surface area contributed by atoms with Crippen LogP contribution in [0.15, 0.2) is 48.3 Å². The molecule has 0 heterocycles. The molecule has 1 aromatic carbocycles. The van der Waals surface area contributed by atoms with Gasteiger partial charge in [-0.3, -0.25) is 0 Å². The normalized spacial score (nSPS) is 17.9. The van der Waals surface area contributed by atoms with E-state index < -0.39 is 0 Å². The summed E-state index contributed by atoms with van der Waals surface area (Å²) < 4.78 is 15.7. The lowest BCUT2D eigenvalue weighted by Gasteiger charge is -2.12. The molecular weight excluding hydrogens is 252 g/mol. The van der Waals surface area contributed by atoms with E-state index in [2.05, 4.69) is 24.3 Å². The maximum absolute atomic E-state index is 5.30. The average molecular weight is 272 g/mol. The van der Waals surface area contributed by atoms with Gasteiger partial charge >= 0.3 is 0 Å². The van der Waals surface area contributed by atoms with Gasteiger partial charge in [0, 0.05) is 0 Å². The molecule has 0 spiro atoms. The Balaban J connectivity index is 2.05. The van der Waals surface area contributed by atoms with Crippen LogP contribution in [0.25, 0.3) is 6.08 Å². The average Bonchev–Trinajstić information content (AvgIpc) is 2.53. The van der Waals surface area contributed by atoms with E-state index in [1.807, 2.05) is 24.3 Å². The molecule has 3 heteroatoms. The summed E-state index contributed by atoms with van der Waals surface area (Å²) in [6.45, 7) is 0. The summed E-state index contributed by atoms with van der Waals surface area (Å²) in [5.74, 6) is 2.83. The molecule has 0 N–H and O–H groups in total. The molecule has 3 nitrogen and oxygen atoms in total. The van der Waals surface area contributed by atoms with Gasteiger partial charge < -0.3 is 14.2 Å². The lowest BCUT2D eigenvalue weighted by molar-refractivity contribution is 0.302. The highest BCUT2D eigenvalue weighted by Crippen LogP contribution is 2.28. The molecule has 1 aliphatic carbocycles. The fourth-order valence-corrected chi connectivity index (χ4v) is 2.10. The predicted molar refractivity (Wildman–Crippen MR) is 80.9 cm³/mol. The van der Waals surface area contributed by atoms with Gasteiger partial charge in [-0.1, -0.05) is 24.3 Å². The van der Waals surface area contributed by atoms with Crippen LogP contribution in [0, 0.1) is 5.92 Å². The van der Waals surface area contributed by atoms with Crippen LogP contribution >= 0.6 is 0 Å². The van der Waals surface area contributed by atoms with Gasteiger partial charge in [-0.25, -0.2) is 0 Å². The van der Waals surface area contributed by atoms with Gasteiger partial charge in [-0.05, 0) is 42.2 Å². The van der Waals surface area contributed by atoms with Gasteiger partial charge in [0.1, 0.15) is 5.76 Å². The van der Waals surface area contributed by atoms with Crippen molar-refractivity contribution in [2.45, 2.75) is 6.42 Å². The Hall–Kier alpha value is -2.16. The minimum Gasteiger partial charge on any atom is -0.497 e. The Morgan fingerprint density at radius 2 is 1.85 bits per heavy atom. The summed E-state index contributed by atoms with van der Waals surface area (Å²) in [7, 11) is 4.97. The van der Waals surface area contributed by atoms with E-state index in [0.717, 1.165) is 29.2 Å². The quantitative estimate of drug-likeness (QED) is 0.815. The Labute approximate surface area is 120 Å². The molecule has 0 fully saturated rings. The zero-order valence-electron chi connectivity index (χ0n) is 12.1. The standard InChI is InChI=1S/C17H20O3/c1-18-15-9-6-13(7-10-15)4-5-14-8-11-16(19-2)17(12-14)20-3/h4-6,8-13H,7H2,1-3H3. The van der Waals surface area contributed by atoms with Crippen LogP contribution in [0.5, 0.6) is 11.5 Å². The molecule has 0 radical (unpaired) electrons. The zero-order valence-corrected chi connectivity index (χ0v) is 12.1. The fourth-order valence-electron chi connectivity index (χ4n) is 2.10. The Morgan fingerprint density at radius 1 is 1.05 bits per heavy atom. The fraction of sp³-hybridized carbons (Fsp3) is 0.294. The monoisotopic (exact) mass is 272 g/mol. The number of ether oxygens (including phenoxy) is 3. The molecule has 106 valence electrons. The van der Waals surface area contributed by atoms with Crippen molar-refractivity contribution in [3.05, 3.63) is 53.8 Å². The molecule has 0 amide bonds. The SMILES string of the molecule is COC1=CCC(C=Cc2ccc(OC)c(OC)c2)C=C1. The molecular formula is C17H20O3. The number of hydrogen-bond acceptors (Lipinski definition) is 3. The summed E-state index contributed by atoms with van der Waals surface area (Å²) in [6.07, 6.45) is 11.5. The Kier molecular flexibility index (Phi) is 4.88. The minimum atomic E-state index is 0.405. The molecule has 0 aromatic heterocycles. The summed E-state index contributed by atoms with van der Waals surface area (Å²) in [6, 6.07) is 5.90. The molecule has 0 aliphatic heterocycles. The van der Waals surface area contributed by atoms with Crippen LogP contribution in [-0.2, 0) is 4.74 Å². The van der Waals surface area contributed by atoms with Crippen molar-refractivity contribution in [3.63, 3.8) is 0 Å². The van der Waals surface area contributed by atoms with E-state index in [9.17, 15) is 0 Å². The van der Waals surface area contributed by atoms with Crippen LogP contribution in [0.4, 0.5) is 0 Å². The number of allylic oxidation sites excluding steroid dienone is 4. The first-order chi connectivity index (χ1) is 9.76. The third kappa shape index (κ3) is 3.44. The second-order valence-corrected chi connectivity index (χ2v) is 4.54. The summed E-state index contributed by atoms with van der Waals surface area (Å²) >= 11 is 0. The second-order valence-electron chi connectivity index (χ2n) is 4.54. The van der Waals surface area contributed by atoms with Gasteiger partial charge in [-0.15, -0.1) is 0 Å². The molecule has 0 bridgehead atoms. The van der Waals surface area contributed by atoms with Gasteiger partial charge in [0.15, 0.2) is 11.5 Å². The van der Waals surface area contributed by atoms with E-state index in [0.29, 0.717) is 5.92 Å². The largest absolute Gasteiger partial charge is 0.497 e. The summed E-state index contributed by atoms with van der Waals surface area (Å²) in [5, 5.41) is 0. The lowest BCUT2D eigenvalue weighted by atomic mass is 9.98. The smallest absolute Gasteiger partial charge is 0.161 e. The van der Waals surface area contributed by atoms with Crippen molar-refractivity contribution in [1.82, 2.24) is 0 Å². The van der Waals surface area contributed by atoms with E-state index >= 15 is 0 Å². The third-order valence-corrected chi connectivity index (χ3v) is 3.28. The number of hydrogen-bond donors (Lipinski definition) is 0. The first-order valence-corrected chi connectivity index (χ1v) is 6.59. The van der Waals surface area contributed by atoms with Crippen LogP contribution < -0.4 is 9.47 Å². The highest BCUT2D eigenvalue weighted by atomic mass is 16.5. The number of benzene rings is 1. The Bertz CT molecular complexity index is 541. The molecule has 1 aromatic rings. The Morgan fingerprint density at radius 3 is 2.45 bits per heavy atom. The van der Waals surface area contributed by atoms with Crippen molar-refractivity contribution in [3.8, 4) is 11.5 Å². The van der Waals surface area contributed by atoms with E-state index in [1.54, 1.807) is 21.3 Å². The number of rotatable bonds is 5. The maximum atomic E-state index is 5.30. The van der Waals surface area contributed by atoms with Crippen molar-refractivity contribution < 1.29 is 14.2 Å². The van der Waals surface area contributed by atoms with Crippen LogP contribution in [0.3, 0.4) is 0 Å². The first-order valence-electron chi connectivity index (χ1n) is 6.59. The van der Waals surface area contributed by atoms with Crippen molar-refractivity contribution >= 4 is 6.08 Å². The highest BCUT2D eigenvalue weighted by Gasteiger charge is 2.06. The lowest BCUT2D eigenvalue weighted by Crippen LogP contribution is -1.97. The number of methoxy groups -OCH3 is 3. The van der Waals surface area contributed by atoms with Crippen molar-refractivity contribution in [1.29, 1.82) is 0 Å². The highest BCUT2D eigenvalue weighted by molar-refractivity contribution is 5.56. The molecule has 0 saturated heterocycles. The third-order valence-electron chi connectivity index (χ3n) is 3.28. The van der Waals surface area contributed by atoms with Gasteiger partial charge in [0.25, 0.3) is 0 Å². The molecule has 2 rings (SSSR count). The summed E-state index contributed by atoms with van der Waals surface area (Å²) in [4.78, 5) is 0. The van der Waals surface area contributed by atoms with Crippen molar-refractivity contribution in [2.24, 2.45) is 5.92 Å². The molecule has 1 aliphatic rings. The minimum absolute atomic E-state index is 0.405. The van der Waals surface area contributed by atoms with Gasteiger partial charge in [0.2, 0.25) is 0 Å². The topological polar surface area (TPSA) is 27.7 Å². The first kappa shape index (κ1) is 14.3. The molecule has 0 saturated carbocycles. The summed E-state index contributed by atoms with van der Waals surface area (Å²) in [5.41, 5.74) is 1.09. The van der Waals surface area contributed by atoms with Gasteiger partial charge in [-0.2, -0.15) is 0 Å². The van der Waals surface area contributed by atoms with E-state index in [4.69, 9.17) is 14.2 Å². The van der Waals surface area contributed by atoms with Crippen LogP contribution in [-0.4, -0.2) is 21.3 Å². The van der Waals surface area contributed by atoms with E-state index in [1.165, 1.54) is 0 Å². The zero-order chi connectivity index (χ0) is 14.4.